The summed E-state index contributed by atoms with van der Waals surface area (Å²) in [6.45, 7) is 1.95. The summed E-state index contributed by atoms with van der Waals surface area (Å²) >= 11 is 0. The first-order chi connectivity index (χ1) is 8.72. The van der Waals surface area contributed by atoms with Gasteiger partial charge in [0, 0.05) is 25.2 Å². The molecule has 1 amide bonds. The Kier molecular flexibility index (Phi) is 2.91. The maximum absolute atomic E-state index is 11.2. The molecule has 0 saturated carbocycles. The Labute approximate surface area is 106 Å². The lowest BCUT2D eigenvalue weighted by atomic mass is 10.1. The van der Waals surface area contributed by atoms with Crippen molar-refractivity contribution in [3.8, 4) is 0 Å². The van der Waals surface area contributed by atoms with Gasteiger partial charge in [-0.15, -0.1) is 0 Å². The summed E-state index contributed by atoms with van der Waals surface area (Å²) in [5.41, 5.74) is 5.61. The number of carbonyl (C=O) groups is 1. The average molecular weight is 246 g/mol. The van der Waals surface area contributed by atoms with E-state index >= 15 is 0 Å². The predicted molar refractivity (Wildman–Crippen MR) is 69.5 cm³/mol. The number of nitrogens with one attached hydrogen (secondary N) is 1. The van der Waals surface area contributed by atoms with E-state index in [-0.39, 0.29) is 0 Å². The van der Waals surface area contributed by atoms with Crippen LogP contribution >= 0.6 is 0 Å². The van der Waals surface area contributed by atoms with Crippen molar-refractivity contribution in [2.75, 3.05) is 18.0 Å². The van der Waals surface area contributed by atoms with E-state index in [9.17, 15) is 4.79 Å². The molecule has 2 fully saturated rings. The summed E-state index contributed by atoms with van der Waals surface area (Å²) in [6.07, 6.45) is 3.66. The number of hydrogen-bond donors (Lipinski definition) is 2. The third-order valence-corrected chi connectivity index (χ3v) is 3.83. The monoisotopic (exact) mass is 246 g/mol. The lowest BCUT2D eigenvalue weighted by Gasteiger charge is -2.25. The van der Waals surface area contributed by atoms with E-state index < -0.39 is 5.91 Å². The highest BCUT2D eigenvalue weighted by atomic mass is 16.1. The number of rotatable bonds is 2. The minimum absolute atomic E-state index is 0.342. The standard InChI is InChI=1S/C13H18N4O/c14-13(18)11-2-1-3-12(16-11)17-7-6-9-4-5-10(8-17)15-9/h1-3,9-10,15H,4-8H2,(H2,14,18). The molecular weight excluding hydrogens is 228 g/mol. The second-order valence-corrected chi connectivity index (χ2v) is 5.12. The van der Waals surface area contributed by atoms with Crippen LogP contribution in [-0.2, 0) is 0 Å². The van der Waals surface area contributed by atoms with Crippen molar-refractivity contribution < 1.29 is 4.79 Å². The zero-order valence-corrected chi connectivity index (χ0v) is 10.3. The van der Waals surface area contributed by atoms with Gasteiger partial charge in [0.15, 0.2) is 0 Å². The fourth-order valence-electron chi connectivity index (χ4n) is 2.89. The molecule has 3 heterocycles. The average Bonchev–Trinajstić information content (AvgIpc) is 2.69. The molecule has 0 aromatic carbocycles. The predicted octanol–water partition coefficient (Wildman–Crippen LogP) is 0.511. The lowest BCUT2D eigenvalue weighted by Crippen LogP contribution is -2.35. The summed E-state index contributed by atoms with van der Waals surface area (Å²) < 4.78 is 0. The van der Waals surface area contributed by atoms with Crippen LogP contribution in [0.5, 0.6) is 0 Å². The lowest BCUT2D eigenvalue weighted by molar-refractivity contribution is 0.0995. The summed E-state index contributed by atoms with van der Waals surface area (Å²) in [4.78, 5) is 17.8. The van der Waals surface area contributed by atoms with Gasteiger partial charge in [-0.05, 0) is 31.4 Å². The van der Waals surface area contributed by atoms with Crippen molar-refractivity contribution in [3.05, 3.63) is 23.9 Å². The molecule has 2 bridgehead atoms. The van der Waals surface area contributed by atoms with Gasteiger partial charge in [0.1, 0.15) is 11.5 Å². The number of fused-ring (bicyclic) bond motifs is 2. The van der Waals surface area contributed by atoms with E-state index in [2.05, 4.69) is 15.2 Å². The van der Waals surface area contributed by atoms with Gasteiger partial charge >= 0.3 is 0 Å². The molecule has 18 heavy (non-hydrogen) atoms. The molecule has 0 spiro atoms. The van der Waals surface area contributed by atoms with E-state index in [4.69, 9.17) is 5.73 Å². The van der Waals surface area contributed by atoms with Gasteiger partial charge < -0.3 is 16.0 Å². The van der Waals surface area contributed by atoms with Gasteiger partial charge in [0.2, 0.25) is 0 Å². The fraction of sp³-hybridized carbons (Fsp3) is 0.538. The largest absolute Gasteiger partial charge is 0.364 e. The molecule has 3 N–H and O–H groups in total. The smallest absolute Gasteiger partial charge is 0.267 e. The maximum atomic E-state index is 11.2. The first kappa shape index (κ1) is 11.5. The second-order valence-electron chi connectivity index (χ2n) is 5.12. The molecule has 5 nitrogen and oxygen atoms in total. The quantitative estimate of drug-likeness (QED) is 0.797. The Bertz CT molecular complexity index is 462. The van der Waals surface area contributed by atoms with Crippen molar-refractivity contribution >= 4 is 11.7 Å². The van der Waals surface area contributed by atoms with Crippen molar-refractivity contribution in [2.45, 2.75) is 31.3 Å². The topological polar surface area (TPSA) is 71.2 Å². The first-order valence-electron chi connectivity index (χ1n) is 6.50. The molecule has 2 saturated heterocycles. The van der Waals surface area contributed by atoms with E-state index in [1.54, 1.807) is 6.07 Å². The number of nitrogens with two attached hydrogens (primary N) is 1. The van der Waals surface area contributed by atoms with E-state index in [1.807, 2.05) is 12.1 Å². The summed E-state index contributed by atoms with van der Waals surface area (Å²) in [5.74, 6) is 0.395. The van der Waals surface area contributed by atoms with Crippen molar-refractivity contribution in [2.24, 2.45) is 5.73 Å². The van der Waals surface area contributed by atoms with Crippen LogP contribution in [0.25, 0.3) is 0 Å². The Balaban J connectivity index is 1.81. The number of nitrogens with zero attached hydrogens (tertiary/aromatic N) is 2. The maximum Gasteiger partial charge on any atom is 0.267 e. The molecule has 1 aromatic rings. The summed E-state index contributed by atoms with van der Waals surface area (Å²) in [7, 11) is 0. The molecule has 3 rings (SSSR count). The molecule has 2 atom stereocenters. The minimum atomic E-state index is -0.466. The van der Waals surface area contributed by atoms with Crippen LogP contribution in [0.15, 0.2) is 18.2 Å². The van der Waals surface area contributed by atoms with E-state index in [0.717, 1.165) is 25.3 Å². The van der Waals surface area contributed by atoms with Gasteiger partial charge in [-0.1, -0.05) is 6.07 Å². The van der Waals surface area contributed by atoms with Crippen molar-refractivity contribution in [3.63, 3.8) is 0 Å². The van der Waals surface area contributed by atoms with Crippen LogP contribution in [-0.4, -0.2) is 36.1 Å². The third-order valence-electron chi connectivity index (χ3n) is 3.83. The van der Waals surface area contributed by atoms with Crippen LogP contribution in [0.2, 0.25) is 0 Å². The number of pyridine rings is 1. The molecule has 0 radical (unpaired) electrons. The summed E-state index contributed by atoms with van der Waals surface area (Å²) in [5, 5.41) is 3.63. The van der Waals surface area contributed by atoms with Crippen LogP contribution in [0, 0.1) is 0 Å². The van der Waals surface area contributed by atoms with Crippen molar-refractivity contribution in [1.29, 1.82) is 0 Å². The zero-order valence-electron chi connectivity index (χ0n) is 10.3. The van der Waals surface area contributed by atoms with Gasteiger partial charge in [0.25, 0.3) is 5.91 Å². The molecule has 2 aliphatic rings. The van der Waals surface area contributed by atoms with E-state index in [0.29, 0.717) is 17.8 Å². The molecule has 1 aromatic heterocycles. The molecule has 0 aliphatic carbocycles. The molecule has 96 valence electrons. The van der Waals surface area contributed by atoms with E-state index in [1.165, 1.54) is 12.8 Å². The van der Waals surface area contributed by atoms with Gasteiger partial charge in [-0.2, -0.15) is 0 Å². The number of aromatic nitrogens is 1. The highest BCUT2D eigenvalue weighted by Gasteiger charge is 2.29. The third kappa shape index (κ3) is 2.18. The van der Waals surface area contributed by atoms with Crippen LogP contribution in [0.3, 0.4) is 0 Å². The van der Waals surface area contributed by atoms with Gasteiger partial charge in [-0.3, -0.25) is 4.79 Å². The Morgan fingerprint density at radius 1 is 1.33 bits per heavy atom. The normalized spacial score (nSPS) is 27.0. The fourth-order valence-corrected chi connectivity index (χ4v) is 2.89. The first-order valence-corrected chi connectivity index (χ1v) is 6.50. The van der Waals surface area contributed by atoms with Crippen molar-refractivity contribution in [1.82, 2.24) is 10.3 Å². The number of anilines is 1. The highest BCUT2D eigenvalue weighted by Crippen LogP contribution is 2.23. The number of carbonyl (C=O) groups excluding carboxylic acids is 1. The Hall–Kier alpha value is -1.62. The molecular formula is C13H18N4O. The van der Waals surface area contributed by atoms with Crippen LogP contribution in [0.1, 0.15) is 29.8 Å². The van der Waals surface area contributed by atoms with Gasteiger partial charge in [-0.25, -0.2) is 4.98 Å². The minimum Gasteiger partial charge on any atom is -0.364 e. The SMILES string of the molecule is NC(=O)c1cccc(N2CCC3CCC(C2)N3)n1. The summed E-state index contributed by atoms with van der Waals surface area (Å²) in [6, 6.07) is 6.66. The Morgan fingerprint density at radius 2 is 2.17 bits per heavy atom. The van der Waals surface area contributed by atoms with Crippen LogP contribution in [0.4, 0.5) is 5.82 Å². The van der Waals surface area contributed by atoms with Crippen LogP contribution < -0.4 is 16.0 Å². The van der Waals surface area contributed by atoms with Gasteiger partial charge in [0.05, 0.1) is 0 Å². The highest BCUT2D eigenvalue weighted by molar-refractivity contribution is 5.91. The molecule has 2 aliphatic heterocycles. The zero-order chi connectivity index (χ0) is 12.5. The molecule has 2 unspecified atom stereocenters. The Morgan fingerprint density at radius 3 is 3.00 bits per heavy atom. The number of hydrogen-bond acceptors (Lipinski definition) is 4. The number of amides is 1. The second kappa shape index (κ2) is 4.57. The molecule has 5 heteroatoms. The number of primary amides is 1.